The van der Waals surface area contributed by atoms with Crippen molar-refractivity contribution in [2.45, 2.75) is 33.2 Å². The minimum absolute atomic E-state index is 0.0320. The summed E-state index contributed by atoms with van der Waals surface area (Å²) >= 11 is 0. The lowest BCUT2D eigenvalue weighted by atomic mass is 9.98. The molecule has 1 aliphatic heterocycles. The smallest absolute Gasteiger partial charge is 0.296 e. The number of amides is 1. The van der Waals surface area contributed by atoms with Gasteiger partial charge in [0.25, 0.3) is 5.91 Å². The molecule has 2 aromatic carbocycles. The topological polar surface area (TPSA) is 81.9 Å². The molecule has 4 aromatic rings. The fourth-order valence-corrected chi connectivity index (χ4v) is 4.45. The van der Waals surface area contributed by atoms with Crippen molar-refractivity contribution in [2.75, 3.05) is 18.1 Å². The lowest BCUT2D eigenvalue weighted by Crippen LogP contribution is -2.30. The quantitative estimate of drug-likeness (QED) is 0.316. The molecule has 0 aliphatic carbocycles. The first kappa shape index (κ1) is 23.6. The van der Waals surface area contributed by atoms with Crippen LogP contribution in [0.15, 0.2) is 76.1 Å². The highest BCUT2D eigenvalue weighted by Gasteiger charge is 2.44. The lowest BCUT2D eigenvalue weighted by Gasteiger charge is -2.25. The fourth-order valence-electron chi connectivity index (χ4n) is 4.45. The van der Waals surface area contributed by atoms with Crippen molar-refractivity contribution in [3.63, 3.8) is 0 Å². The summed E-state index contributed by atoms with van der Waals surface area (Å²) in [5, 5.41) is 0.426. The van der Waals surface area contributed by atoms with E-state index in [-0.39, 0.29) is 11.2 Å². The highest BCUT2D eigenvalue weighted by Crippen LogP contribution is 2.42. The number of nitrogens with zero attached hydrogens (tertiary/aromatic N) is 2. The van der Waals surface area contributed by atoms with Crippen molar-refractivity contribution in [3.05, 3.63) is 94.0 Å². The molecule has 0 N–H and O–H groups in total. The number of carbonyl (C=O) groups excluding carboxylic acids is 1. The van der Waals surface area contributed by atoms with Crippen LogP contribution in [0.5, 0.6) is 11.5 Å². The van der Waals surface area contributed by atoms with E-state index in [9.17, 15) is 9.59 Å². The number of para-hydroxylation sites is 1. The molecule has 1 amide bonds. The number of aromatic nitrogens is 1. The number of anilines is 1. The van der Waals surface area contributed by atoms with Gasteiger partial charge in [0, 0.05) is 6.20 Å². The van der Waals surface area contributed by atoms with Crippen molar-refractivity contribution >= 4 is 22.7 Å². The summed E-state index contributed by atoms with van der Waals surface area (Å²) in [6.45, 7) is 7.20. The summed E-state index contributed by atoms with van der Waals surface area (Å²) in [5.41, 5.74) is 1.13. The Bertz CT molecular complexity index is 1460. The van der Waals surface area contributed by atoms with Crippen LogP contribution < -0.4 is 19.8 Å². The van der Waals surface area contributed by atoms with Gasteiger partial charge in [-0.1, -0.05) is 38.1 Å². The molecule has 7 nitrogen and oxygen atoms in total. The number of fused-ring (bicyclic) bond motifs is 2. The van der Waals surface area contributed by atoms with Crippen LogP contribution in [-0.4, -0.2) is 24.1 Å². The maximum Gasteiger partial charge on any atom is 0.296 e. The van der Waals surface area contributed by atoms with Crippen molar-refractivity contribution < 1.29 is 18.7 Å². The SMILES string of the molecule is CCOc1cc([C@@H]2c3c(oc4ccccc4c3=O)C(=O)N2c2ccccn2)ccc1OCCC(C)C. The van der Waals surface area contributed by atoms with Crippen LogP contribution in [-0.2, 0) is 0 Å². The van der Waals surface area contributed by atoms with E-state index in [1.54, 1.807) is 48.7 Å². The van der Waals surface area contributed by atoms with Gasteiger partial charge >= 0.3 is 0 Å². The third-order valence-corrected chi connectivity index (χ3v) is 6.21. The van der Waals surface area contributed by atoms with E-state index in [0.717, 1.165) is 6.42 Å². The minimum atomic E-state index is -0.729. The Morgan fingerprint density at radius 2 is 1.81 bits per heavy atom. The molecule has 0 bridgehead atoms. The van der Waals surface area contributed by atoms with Gasteiger partial charge < -0.3 is 13.9 Å². The molecule has 36 heavy (non-hydrogen) atoms. The van der Waals surface area contributed by atoms with Crippen molar-refractivity contribution in [1.29, 1.82) is 0 Å². The summed E-state index contributed by atoms with van der Waals surface area (Å²) in [7, 11) is 0. The van der Waals surface area contributed by atoms with E-state index in [4.69, 9.17) is 13.9 Å². The maximum atomic E-state index is 13.7. The van der Waals surface area contributed by atoms with Gasteiger partial charge in [-0.05, 0) is 61.2 Å². The summed E-state index contributed by atoms with van der Waals surface area (Å²) in [6, 6.07) is 17.1. The van der Waals surface area contributed by atoms with Gasteiger partial charge in [0.2, 0.25) is 5.76 Å². The fraction of sp³-hybridized carbons (Fsp3) is 0.276. The van der Waals surface area contributed by atoms with Crippen LogP contribution in [0.25, 0.3) is 11.0 Å². The zero-order chi connectivity index (χ0) is 25.2. The first-order valence-electron chi connectivity index (χ1n) is 12.2. The monoisotopic (exact) mass is 484 g/mol. The number of benzene rings is 2. The Kier molecular flexibility index (Phi) is 6.46. The first-order chi connectivity index (χ1) is 17.5. The van der Waals surface area contributed by atoms with Crippen LogP contribution in [0.3, 0.4) is 0 Å². The molecule has 184 valence electrons. The van der Waals surface area contributed by atoms with E-state index in [0.29, 0.717) is 58.5 Å². The average Bonchev–Trinajstić information content (AvgIpc) is 3.18. The third kappa shape index (κ3) is 4.21. The molecule has 2 aromatic heterocycles. The molecule has 0 fully saturated rings. The third-order valence-electron chi connectivity index (χ3n) is 6.21. The number of rotatable bonds is 8. The summed E-state index contributed by atoms with van der Waals surface area (Å²) < 4.78 is 17.9. The molecule has 0 radical (unpaired) electrons. The normalized spacial score (nSPS) is 14.9. The van der Waals surface area contributed by atoms with E-state index >= 15 is 0 Å². The standard InChI is InChI=1S/C29H28N2O5/c1-4-34-23-17-19(12-13-22(23)35-16-14-18(2)3)26-25-27(32)20-9-5-6-10-21(20)36-28(25)29(33)31(26)24-11-7-8-15-30-24/h5-13,15,17-18,26H,4,14,16H2,1-3H3/t26-/m1/s1. The zero-order valence-corrected chi connectivity index (χ0v) is 20.6. The van der Waals surface area contributed by atoms with Crippen molar-refractivity contribution in [2.24, 2.45) is 5.92 Å². The Morgan fingerprint density at radius 1 is 1.00 bits per heavy atom. The predicted octanol–water partition coefficient (Wildman–Crippen LogP) is 5.76. The van der Waals surface area contributed by atoms with Gasteiger partial charge in [-0.15, -0.1) is 0 Å². The van der Waals surface area contributed by atoms with Gasteiger partial charge in [-0.3, -0.25) is 14.5 Å². The second-order valence-corrected chi connectivity index (χ2v) is 9.11. The van der Waals surface area contributed by atoms with Crippen molar-refractivity contribution in [1.82, 2.24) is 4.98 Å². The summed E-state index contributed by atoms with van der Waals surface area (Å²) in [4.78, 5) is 33.3. The summed E-state index contributed by atoms with van der Waals surface area (Å²) in [5.74, 6) is 1.75. The molecular formula is C29H28N2O5. The Morgan fingerprint density at radius 3 is 2.56 bits per heavy atom. The maximum absolute atomic E-state index is 13.7. The Balaban J connectivity index is 1.67. The van der Waals surface area contributed by atoms with Crippen molar-refractivity contribution in [3.8, 4) is 11.5 Å². The van der Waals surface area contributed by atoms with Gasteiger partial charge in [0.1, 0.15) is 11.4 Å². The molecule has 3 heterocycles. The van der Waals surface area contributed by atoms with Gasteiger partial charge in [-0.25, -0.2) is 4.98 Å². The number of carbonyl (C=O) groups is 1. The van der Waals surface area contributed by atoms with Gasteiger partial charge in [0.05, 0.1) is 30.2 Å². The van der Waals surface area contributed by atoms with Crippen LogP contribution in [0.4, 0.5) is 5.82 Å². The molecule has 5 rings (SSSR count). The number of ether oxygens (including phenoxy) is 2. The highest BCUT2D eigenvalue weighted by atomic mass is 16.5. The largest absolute Gasteiger partial charge is 0.490 e. The van der Waals surface area contributed by atoms with Crippen LogP contribution >= 0.6 is 0 Å². The van der Waals surface area contributed by atoms with Gasteiger partial charge in [0.15, 0.2) is 16.9 Å². The molecule has 0 unspecified atom stereocenters. The number of hydrogen-bond donors (Lipinski definition) is 0. The lowest BCUT2D eigenvalue weighted by molar-refractivity contribution is 0.0970. The molecular weight excluding hydrogens is 456 g/mol. The number of hydrogen-bond acceptors (Lipinski definition) is 6. The second-order valence-electron chi connectivity index (χ2n) is 9.11. The predicted molar refractivity (Wildman–Crippen MR) is 138 cm³/mol. The van der Waals surface area contributed by atoms with E-state index < -0.39 is 11.9 Å². The average molecular weight is 485 g/mol. The molecule has 1 atom stereocenters. The Hall–Kier alpha value is -4.13. The molecule has 1 aliphatic rings. The van der Waals surface area contributed by atoms with E-state index in [1.165, 1.54) is 4.90 Å². The summed E-state index contributed by atoms with van der Waals surface area (Å²) in [6.07, 6.45) is 2.53. The van der Waals surface area contributed by atoms with Crippen LogP contribution in [0.2, 0.25) is 0 Å². The molecule has 0 saturated heterocycles. The number of pyridine rings is 1. The van der Waals surface area contributed by atoms with E-state index in [2.05, 4.69) is 18.8 Å². The molecule has 7 heteroatoms. The molecule has 0 spiro atoms. The zero-order valence-electron chi connectivity index (χ0n) is 20.6. The van der Waals surface area contributed by atoms with Crippen LogP contribution in [0.1, 0.15) is 54.9 Å². The Labute approximate surface area is 209 Å². The van der Waals surface area contributed by atoms with Gasteiger partial charge in [-0.2, -0.15) is 0 Å². The first-order valence-corrected chi connectivity index (χ1v) is 12.2. The minimum Gasteiger partial charge on any atom is -0.490 e. The second kappa shape index (κ2) is 9.85. The molecule has 0 saturated carbocycles. The van der Waals surface area contributed by atoms with E-state index in [1.807, 2.05) is 25.1 Å². The highest BCUT2D eigenvalue weighted by molar-refractivity contribution is 6.10. The van der Waals surface area contributed by atoms with Crippen LogP contribution in [0, 0.1) is 5.92 Å².